The number of hydrogen-bond donors (Lipinski definition) is 1. The first-order valence-electron chi connectivity index (χ1n) is 10.4. The van der Waals surface area contributed by atoms with E-state index in [0.717, 1.165) is 28.0 Å². The number of aromatic nitrogens is 3. The molecule has 0 unspecified atom stereocenters. The summed E-state index contributed by atoms with van der Waals surface area (Å²) in [5.74, 6) is 1.35. The maximum absolute atomic E-state index is 6.68. The topological polar surface area (TPSA) is 52.0 Å². The average molecular weight is 496 g/mol. The van der Waals surface area contributed by atoms with E-state index in [1.54, 1.807) is 12.4 Å². The molecule has 0 radical (unpaired) electrons. The van der Waals surface area contributed by atoms with E-state index in [9.17, 15) is 0 Å². The Balaban J connectivity index is 1.65. The van der Waals surface area contributed by atoms with Crippen molar-refractivity contribution in [1.29, 1.82) is 0 Å². The molecule has 4 aromatic rings. The number of benzene rings is 3. The lowest BCUT2D eigenvalue weighted by atomic mass is 9.84. The molecule has 0 spiro atoms. The lowest BCUT2D eigenvalue weighted by Gasteiger charge is -2.39. The average Bonchev–Trinajstić information content (AvgIpc) is 3.27. The Morgan fingerprint density at radius 3 is 2.48 bits per heavy atom. The smallest absolute Gasteiger partial charge is 0.226 e. The number of ether oxygens (including phenoxy) is 1. The standard InChI is InChI=1S/C25H17Cl3N4O/c1-13-2-4-14(5-3-13)23-21-22(31-25-29-12-30-32(23)25)18-10-15(26)7-9-20(18)33-24(21)17-8-6-16(27)11-19(17)28/h2-12,23-24H,1H3,(H,29,30,31)/t23-,24-/m0/s1. The number of halogens is 3. The molecular formula is C25H17Cl3N4O. The van der Waals surface area contributed by atoms with Crippen molar-refractivity contribution in [2.24, 2.45) is 0 Å². The SMILES string of the molecule is Cc1ccc([C@H]2C3=C(Nc4ncnn42)c2cc(Cl)ccc2O[C@H]3c2ccc(Cl)cc2Cl)cc1. The molecule has 0 aliphatic carbocycles. The number of nitrogens with zero attached hydrogens (tertiary/aromatic N) is 3. The van der Waals surface area contributed by atoms with Crippen LogP contribution in [-0.2, 0) is 0 Å². The van der Waals surface area contributed by atoms with Gasteiger partial charge in [-0.15, -0.1) is 0 Å². The number of hydrogen-bond acceptors (Lipinski definition) is 4. The first-order valence-corrected chi connectivity index (χ1v) is 11.5. The molecule has 33 heavy (non-hydrogen) atoms. The Morgan fingerprint density at radius 1 is 0.939 bits per heavy atom. The zero-order chi connectivity index (χ0) is 22.7. The first-order chi connectivity index (χ1) is 16.0. The zero-order valence-corrected chi connectivity index (χ0v) is 19.7. The molecule has 2 aliphatic heterocycles. The van der Waals surface area contributed by atoms with Crippen molar-refractivity contribution in [3.05, 3.63) is 110 Å². The van der Waals surface area contributed by atoms with Crippen LogP contribution in [0.1, 0.15) is 34.4 Å². The Labute approximate surface area is 205 Å². The van der Waals surface area contributed by atoms with Gasteiger partial charge in [-0.2, -0.15) is 10.1 Å². The first kappa shape index (κ1) is 20.6. The number of nitrogens with one attached hydrogen (secondary N) is 1. The lowest BCUT2D eigenvalue weighted by molar-refractivity contribution is 0.223. The minimum Gasteiger partial charge on any atom is -0.480 e. The van der Waals surface area contributed by atoms with Gasteiger partial charge in [-0.3, -0.25) is 0 Å². The van der Waals surface area contributed by atoms with Gasteiger partial charge in [0.1, 0.15) is 18.1 Å². The molecule has 5 nitrogen and oxygen atoms in total. The van der Waals surface area contributed by atoms with Crippen molar-refractivity contribution in [1.82, 2.24) is 14.8 Å². The molecule has 0 amide bonds. The molecule has 6 rings (SSSR count). The Morgan fingerprint density at radius 2 is 1.70 bits per heavy atom. The van der Waals surface area contributed by atoms with Gasteiger partial charge in [-0.1, -0.05) is 70.7 Å². The minimum absolute atomic E-state index is 0.261. The third-order valence-electron chi connectivity index (χ3n) is 6.01. The van der Waals surface area contributed by atoms with Crippen molar-refractivity contribution < 1.29 is 4.74 Å². The van der Waals surface area contributed by atoms with Crippen LogP contribution in [0, 0.1) is 6.92 Å². The van der Waals surface area contributed by atoms with Crippen molar-refractivity contribution in [3.8, 4) is 5.75 Å². The van der Waals surface area contributed by atoms with Crippen LogP contribution in [0.25, 0.3) is 5.70 Å². The van der Waals surface area contributed by atoms with Gasteiger partial charge in [0.05, 0.1) is 5.70 Å². The van der Waals surface area contributed by atoms with Crippen LogP contribution in [0.3, 0.4) is 0 Å². The summed E-state index contributed by atoms with van der Waals surface area (Å²) in [5, 5.41) is 9.72. The number of aryl methyl sites for hydroxylation is 1. The summed E-state index contributed by atoms with van der Waals surface area (Å²) in [7, 11) is 0. The number of anilines is 1. The van der Waals surface area contributed by atoms with E-state index in [1.165, 1.54) is 5.56 Å². The molecule has 164 valence electrons. The van der Waals surface area contributed by atoms with Gasteiger partial charge >= 0.3 is 0 Å². The second-order valence-electron chi connectivity index (χ2n) is 8.10. The van der Waals surface area contributed by atoms with Crippen LogP contribution in [0.4, 0.5) is 5.95 Å². The molecular weight excluding hydrogens is 479 g/mol. The highest BCUT2D eigenvalue weighted by atomic mass is 35.5. The number of fused-ring (bicyclic) bond motifs is 3. The van der Waals surface area contributed by atoms with E-state index in [-0.39, 0.29) is 6.04 Å². The quantitative estimate of drug-likeness (QED) is 0.322. The monoisotopic (exact) mass is 494 g/mol. The van der Waals surface area contributed by atoms with Crippen LogP contribution >= 0.6 is 34.8 Å². The van der Waals surface area contributed by atoms with Crippen molar-refractivity contribution in [2.45, 2.75) is 19.1 Å². The Bertz CT molecular complexity index is 1430. The van der Waals surface area contributed by atoms with Gasteiger partial charge in [0.25, 0.3) is 0 Å². The van der Waals surface area contributed by atoms with E-state index in [1.807, 2.05) is 35.0 Å². The second kappa shape index (κ2) is 7.80. The van der Waals surface area contributed by atoms with E-state index in [2.05, 4.69) is 46.6 Å². The molecule has 8 heteroatoms. The summed E-state index contributed by atoms with van der Waals surface area (Å²) in [6.07, 6.45) is 1.07. The van der Waals surface area contributed by atoms with Crippen molar-refractivity contribution >= 4 is 46.4 Å². The molecule has 2 atom stereocenters. The summed E-state index contributed by atoms with van der Waals surface area (Å²) in [6.45, 7) is 2.07. The molecule has 0 saturated carbocycles. The fraction of sp³-hybridized carbons (Fsp3) is 0.120. The summed E-state index contributed by atoms with van der Waals surface area (Å²) in [4.78, 5) is 4.45. The summed E-state index contributed by atoms with van der Waals surface area (Å²) >= 11 is 19.3. The van der Waals surface area contributed by atoms with Crippen molar-refractivity contribution in [3.63, 3.8) is 0 Å². The molecule has 0 bridgehead atoms. The molecule has 3 heterocycles. The fourth-order valence-corrected chi connectivity index (χ4v) is 5.16. The molecule has 0 fully saturated rings. The van der Waals surface area contributed by atoms with Gasteiger partial charge in [0.2, 0.25) is 5.95 Å². The van der Waals surface area contributed by atoms with Gasteiger partial charge < -0.3 is 10.1 Å². The third kappa shape index (κ3) is 3.39. The lowest BCUT2D eigenvalue weighted by Crippen LogP contribution is -2.32. The highest BCUT2D eigenvalue weighted by molar-refractivity contribution is 6.35. The predicted molar refractivity (Wildman–Crippen MR) is 131 cm³/mol. The van der Waals surface area contributed by atoms with Gasteiger partial charge in [-0.25, -0.2) is 4.68 Å². The van der Waals surface area contributed by atoms with Gasteiger partial charge in [-0.05, 0) is 42.8 Å². The van der Waals surface area contributed by atoms with E-state index < -0.39 is 6.10 Å². The highest BCUT2D eigenvalue weighted by Crippen LogP contribution is 2.52. The van der Waals surface area contributed by atoms with E-state index >= 15 is 0 Å². The molecule has 0 saturated heterocycles. The molecule has 3 aromatic carbocycles. The normalized spacial score (nSPS) is 18.7. The maximum atomic E-state index is 6.68. The molecule has 2 aliphatic rings. The van der Waals surface area contributed by atoms with E-state index in [0.29, 0.717) is 26.8 Å². The van der Waals surface area contributed by atoms with Gasteiger partial charge in [0, 0.05) is 31.8 Å². The maximum Gasteiger partial charge on any atom is 0.226 e. The largest absolute Gasteiger partial charge is 0.480 e. The van der Waals surface area contributed by atoms with Crippen LogP contribution in [-0.4, -0.2) is 14.8 Å². The summed E-state index contributed by atoms with van der Waals surface area (Å²) < 4.78 is 8.46. The molecule has 1 aromatic heterocycles. The predicted octanol–water partition coefficient (Wildman–Crippen LogP) is 7.11. The van der Waals surface area contributed by atoms with Gasteiger partial charge in [0.15, 0.2) is 6.10 Å². The summed E-state index contributed by atoms with van der Waals surface area (Å²) in [5.41, 5.74) is 5.78. The molecule has 1 N–H and O–H groups in total. The van der Waals surface area contributed by atoms with Crippen LogP contribution < -0.4 is 10.1 Å². The minimum atomic E-state index is -0.477. The Hall–Kier alpha value is -2.99. The van der Waals surface area contributed by atoms with Crippen LogP contribution in [0.5, 0.6) is 5.75 Å². The summed E-state index contributed by atoms with van der Waals surface area (Å²) in [6, 6.07) is 19.2. The zero-order valence-electron chi connectivity index (χ0n) is 17.4. The van der Waals surface area contributed by atoms with Crippen LogP contribution in [0.2, 0.25) is 15.1 Å². The van der Waals surface area contributed by atoms with E-state index in [4.69, 9.17) is 39.5 Å². The number of rotatable bonds is 2. The van der Waals surface area contributed by atoms with Crippen molar-refractivity contribution in [2.75, 3.05) is 5.32 Å². The third-order valence-corrected chi connectivity index (χ3v) is 6.81. The second-order valence-corrected chi connectivity index (χ2v) is 9.38. The van der Waals surface area contributed by atoms with Crippen LogP contribution in [0.15, 0.2) is 72.6 Å². The fourth-order valence-electron chi connectivity index (χ4n) is 4.48. The Kier molecular flexibility index (Phi) is 4.87. The highest BCUT2D eigenvalue weighted by Gasteiger charge is 2.41.